The number of aromatic nitrogens is 1. The van der Waals surface area contributed by atoms with Gasteiger partial charge in [0.1, 0.15) is 5.76 Å². The minimum atomic E-state index is 0.771. The summed E-state index contributed by atoms with van der Waals surface area (Å²) in [6.07, 6.45) is 3.39. The minimum Gasteiger partial charge on any atom is -0.446 e. The van der Waals surface area contributed by atoms with Crippen LogP contribution in [0.25, 0.3) is 0 Å². The summed E-state index contributed by atoms with van der Waals surface area (Å²) in [5.41, 5.74) is 1.13. The molecule has 0 N–H and O–H groups in total. The number of oxazole rings is 1. The van der Waals surface area contributed by atoms with E-state index in [1.165, 1.54) is 0 Å². The molecule has 0 saturated heterocycles. The molecule has 0 aliphatic rings. The lowest BCUT2D eigenvalue weighted by atomic mass is 10.1. The molecule has 3 heteroatoms. The molecule has 1 heterocycles. The molecule has 0 saturated carbocycles. The predicted molar refractivity (Wildman–Crippen MR) is 60.1 cm³/mol. The molecule has 1 aromatic carbocycles. The summed E-state index contributed by atoms with van der Waals surface area (Å²) in [7, 11) is 0. The highest BCUT2D eigenvalue weighted by Gasteiger charge is 2.03. The third kappa shape index (κ3) is 2.60. The van der Waals surface area contributed by atoms with E-state index in [9.17, 15) is 0 Å². The van der Waals surface area contributed by atoms with Crippen molar-refractivity contribution in [2.45, 2.75) is 19.8 Å². The largest absolute Gasteiger partial charge is 0.446 e. The molecule has 0 fully saturated rings. The molecule has 1 aromatic heterocycles. The van der Waals surface area contributed by atoms with Gasteiger partial charge in [-0.3, -0.25) is 0 Å². The van der Waals surface area contributed by atoms with Gasteiger partial charge in [-0.2, -0.15) is 0 Å². The van der Waals surface area contributed by atoms with Gasteiger partial charge in [-0.1, -0.05) is 29.8 Å². The fourth-order valence-electron chi connectivity index (χ4n) is 1.46. The van der Waals surface area contributed by atoms with E-state index in [4.69, 9.17) is 16.0 Å². The van der Waals surface area contributed by atoms with Gasteiger partial charge >= 0.3 is 0 Å². The zero-order valence-electron chi connectivity index (χ0n) is 8.53. The summed E-state index contributed by atoms with van der Waals surface area (Å²) in [6.45, 7) is 1.89. The molecule has 0 unspecified atom stereocenters. The lowest BCUT2D eigenvalue weighted by molar-refractivity contribution is 0.470. The van der Waals surface area contributed by atoms with Crippen LogP contribution in [0.15, 0.2) is 34.9 Å². The van der Waals surface area contributed by atoms with Crippen molar-refractivity contribution in [3.63, 3.8) is 0 Å². The van der Waals surface area contributed by atoms with Crippen molar-refractivity contribution in [1.82, 2.24) is 4.98 Å². The molecule has 0 aliphatic carbocycles. The van der Waals surface area contributed by atoms with Crippen LogP contribution in [0.1, 0.15) is 17.2 Å². The first kappa shape index (κ1) is 10.2. The fourth-order valence-corrected chi connectivity index (χ4v) is 1.69. The first-order chi connectivity index (χ1) is 7.25. The highest BCUT2D eigenvalue weighted by molar-refractivity contribution is 6.31. The SMILES string of the molecule is Cc1cnc(CCc2ccccc2Cl)o1. The summed E-state index contributed by atoms with van der Waals surface area (Å²) in [5, 5.41) is 0.806. The van der Waals surface area contributed by atoms with E-state index < -0.39 is 0 Å². The van der Waals surface area contributed by atoms with Gasteiger partial charge in [0.2, 0.25) is 0 Å². The second-order valence-corrected chi connectivity index (χ2v) is 3.86. The third-order valence-corrected chi connectivity index (χ3v) is 2.60. The number of halogens is 1. The van der Waals surface area contributed by atoms with Crippen LogP contribution in [0, 0.1) is 6.92 Å². The average molecular weight is 222 g/mol. The molecular weight excluding hydrogens is 210 g/mol. The van der Waals surface area contributed by atoms with Crippen molar-refractivity contribution in [3.8, 4) is 0 Å². The van der Waals surface area contributed by atoms with Gasteiger partial charge in [0.15, 0.2) is 5.89 Å². The fraction of sp³-hybridized carbons (Fsp3) is 0.250. The molecule has 0 bridgehead atoms. The average Bonchev–Trinajstić information content (AvgIpc) is 2.63. The Morgan fingerprint density at radius 2 is 2.07 bits per heavy atom. The highest BCUT2D eigenvalue weighted by atomic mass is 35.5. The van der Waals surface area contributed by atoms with Crippen LogP contribution < -0.4 is 0 Å². The summed E-state index contributed by atoms with van der Waals surface area (Å²) in [6, 6.07) is 7.85. The Bertz CT molecular complexity index is 450. The lowest BCUT2D eigenvalue weighted by Crippen LogP contribution is -1.91. The molecule has 0 atom stereocenters. The topological polar surface area (TPSA) is 26.0 Å². The van der Waals surface area contributed by atoms with Crippen LogP contribution in [0.4, 0.5) is 0 Å². The molecule has 0 radical (unpaired) electrons. The monoisotopic (exact) mass is 221 g/mol. The maximum absolute atomic E-state index is 6.04. The molecule has 2 rings (SSSR count). The van der Waals surface area contributed by atoms with Gasteiger partial charge in [-0.15, -0.1) is 0 Å². The van der Waals surface area contributed by atoms with Crippen LogP contribution in [0.2, 0.25) is 5.02 Å². The number of hydrogen-bond donors (Lipinski definition) is 0. The first-order valence-electron chi connectivity index (χ1n) is 4.90. The van der Waals surface area contributed by atoms with Gasteiger partial charge in [0, 0.05) is 11.4 Å². The van der Waals surface area contributed by atoms with E-state index in [-0.39, 0.29) is 0 Å². The number of rotatable bonds is 3. The summed E-state index contributed by atoms with van der Waals surface area (Å²) >= 11 is 6.04. The number of hydrogen-bond acceptors (Lipinski definition) is 2. The van der Waals surface area contributed by atoms with E-state index >= 15 is 0 Å². The van der Waals surface area contributed by atoms with Crippen molar-refractivity contribution in [1.29, 1.82) is 0 Å². The second-order valence-electron chi connectivity index (χ2n) is 3.46. The van der Waals surface area contributed by atoms with Crippen molar-refractivity contribution >= 4 is 11.6 Å². The van der Waals surface area contributed by atoms with Crippen molar-refractivity contribution in [2.24, 2.45) is 0 Å². The molecule has 0 spiro atoms. The standard InChI is InChI=1S/C12H12ClNO/c1-9-8-14-12(15-9)7-6-10-4-2-3-5-11(10)13/h2-5,8H,6-7H2,1H3. The predicted octanol–water partition coefficient (Wildman–Crippen LogP) is 3.42. The Morgan fingerprint density at radius 1 is 1.27 bits per heavy atom. The Morgan fingerprint density at radius 3 is 2.73 bits per heavy atom. The smallest absolute Gasteiger partial charge is 0.194 e. The Balaban J connectivity index is 2.02. The van der Waals surface area contributed by atoms with Gasteiger partial charge in [0.05, 0.1) is 6.20 Å². The molecule has 0 amide bonds. The van der Waals surface area contributed by atoms with Crippen LogP contribution in [0.3, 0.4) is 0 Å². The summed E-state index contributed by atoms with van der Waals surface area (Å²) < 4.78 is 5.39. The van der Waals surface area contributed by atoms with Crippen LogP contribution in [0.5, 0.6) is 0 Å². The van der Waals surface area contributed by atoms with Crippen LogP contribution in [-0.4, -0.2) is 4.98 Å². The highest BCUT2D eigenvalue weighted by Crippen LogP contribution is 2.17. The number of nitrogens with zero attached hydrogens (tertiary/aromatic N) is 1. The Kier molecular flexibility index (Phi) is 3.07. The van der Waals surface area contributed by atoms with E-state index in [1.54, 1.807) is 6.20 Å². The lowest BCUT2D eigenvalue weighted by Gasteiger charge is -2.01. The van der Waals surface area contributed by atoms with Crippen LogP contribution in [-0.2, 0) is 12.8 Å². The molecule has 2 nitrogen and oxygen atoms in total. The van der Waals surface area contributed by atoms with Crippen molar-refractivity contribution < 1.29 is 4.42 Å². The first-order valence-corrected chi connectivity index (χ1v) is 5.28. The Labute approximate surface area is 93.9 Å². The van der Waals surface area contributed by atoms with Gasteiger partial charge in [-0.25, -0.2) is 4.98 Å². The van der Waals surface area contributed by atoms with E-state index in [0.29, 0.717) is 0 Å². The molecular formula is C12H12ClNO. The van der Waals surface area contributed by atoms with Crippen molar-refractivity contribution in [3.05, 3.63) is 52.7 Å². The molecule has 0 aliphatic heterocycles. The maximum Gasteiger partial charge on any atom is 0.194 e. The van der Waals surface area contributed by atoms with Gasteiger partial charge < -0.3 is 4.42 Å². The second kappa shape index (κ2) is 4.49. The molecule has 2 aromatic rings. The quantitative estimate of drug-likeness (QED) is 0.794. The normalized spacial score (nSPS) is 10.5. The third-order valence-electron chi connectivity index (χ3n) is 2.24. The van der Waals surface area contributed by atoms with Gasteiger partial charge in [0.25, 0.3) is 0 Å². The van der Waals surface area contributed by atoms with Crippen LogP contribution >= 0.6 is 11.6 Å². The van der Waals surface area contributed by atoms with E-state index in [0.717, 1.165) is 35.1 Å². The summed E-state index contributed by atoms with van der Waals surface area (Å²) in [5.74, 6) is 1.62. The Hall–Kier alpha value is -1.28. The zero-order chi connectivity index (χ0) is 10.7. The summed E-state index contributed by atoms with van der Waals surface area (Å²) in [4.78, 5) is 4.15. The van der Waals surface area contributed by atoms with E-state index in [1.807, 2.05) is 31.2 Å². The molecule has 78 valence electrons. The molecule has 15 heavy (non-hydrogen) atoms. The minimum absolute atomic E-state index is 0.771. The van der Waals surface area contributed by atoms with E-state index in [2.05, 4.69) is 4.98 Å². The number of benzene rings is 1. The maximum atomic E-state index is 6.04. The van der Waals surface area contributed by atoms with Crippen molar-refractivity contribution in [2.75, 3.05) is 0 Å². The number of aryl methyl sites for hydroxylation is 3. The zero-order valence-corrected chi connectivity index (χ0v) is 9.29. The van der Waals surface area contributed by atoms with Gasteiger partial charge in [-0.05, 0) is 25.0 Å².